The first-order valence-corrected chi connectivity index (χ1v) is 17.1. The van der Waals surface area contributed by atoms with Gasteiger partial charge in [0, 0.05) is 12.7 Å². The van der Waals surface area contributed by atoms with Gasteiger partial charge in [0.1, 0.15) is 31.3 Å². The van der Waals surface area contributed by atoms with Gasteiger partial charge in [0.05, 0.1) is 19.3 Å². The number of rotatable bonds is 18. The van der Waals surface area contributed by atoms with Crippen molar-refractivity contribution < 1.29 is 38.7 Å². The Morgan fingerprint density at radius 1 is 0.863 bits per heavy atom. The molecule has 5 rings (SSSR count). The molecule has 51 heavy (non-hydrogen) atoms. The highest BCUT2D eigenvalue weighted by molar-refractivity contribution is 5.81. The van der Waals surface area contributed by atoms with Gasteiger partial charge in [-0.1, -0.05) is 91.0 Å². The Kier molecular flexibility index (Phi) is 14.5. The van der Waals surface area contributed by atoms with Gasteiger partial charge < -0.3 is 39.8 Å². The van der Waals surface area contributed by atoms with Crippen molar-refractivity contribution in [2.75, 3.05) is 18.5 Å². The second-order valence-corrected chi connectivity index (χ2v) is 12.0. The van der Waals surface area contributed by atoms with Gasteiger partial charge >= 0.3 is 12.1 Å². The lowest BCUT2D eigenvalue weighted by molar-refractivity contribution is -0.147. The van der Waals surface area contributed by atoms with Crippen molar-refractivity contribution in [2.24, 2.45) is 4.99 Å². The largest absolute Gasteiger partial charge is 0.459 e. The highest BCUT2D eigenvalue weighted by Gasteiger charge is 2.27. The summed E-state index contributed by atoms with van der Waals surface area (Å²) in [5, 5.41) is 25.6. The molecular formula is C38H45N5O8. The van der Waals surface area contributed by atoms with Crippen molar-refractivity contribution in [1.29, 1.82) is 0 Å². The number of aliphatic hydroxyl groups is 2. The lowest BCUT2D eigenvalue weighted by atomic mass is 10.1. The molecule has 4 N–H and O–H groups in total. The van der Waals surface area contributed by atoms with E-state index >= 15 is 0 Å². The molecule has 4 atom stereocenters. The minimum absolute atomic E-state index is 0.0677. The highest BCUT2D eigenvalue weighted by atomic mass is 16.6. The van der Waals surface area contributed by atoms with E-state index in [0.29, 0.717) is 50.1 Å². The highest BCUT2D eigenvalue weighted by Crippen LogP contribution is 2.26. The van der Waals surface area contributed by atoms with E-state index in [2.05, 4.69) is 15.6 Å². The number of hydrogen-bond donors (Lipinski definition) is 4. The Morgan fingerprint density at radius 3 is 2.12 bits per heavy atom. The summed E-state index contributed by atoms with van der Waals surface area (Å²) in [5.41, 5.74) is 2.93. The Hall–Kier alpha value is -5.08. The van der Waals surface area contributed by atoms with Crippen LogP contribution in [0.3, 0.4) is 0 Å². The van der Waals surface area contributed by atoms with Gasteiger partial charge in [0.25, 0.3) is 0 Å². The summed E-state index contributed by atoms with van der Waals surface area (Å²) in [7, 11) is 0. The van der Waals surface area contributed by atoms with Crippen LogP contribution in [0.15, 0.2) is 108 Å². The molecule has 0 aliphatic carbocycles. The molecule has 1 saturated heterocycles. The number of nitrogens with one attached hydrogen (secondary N) is 2. The third kappa shape index (κ3) is 12.3. The molecule has 1 aliphatic heterocycles. The van der Waals surface area contributed by atoms with Crippen molar-refractivity contribution in [3.05, 3.63) is 126 Å². The van der Waals surface area contributed by atoms with E-state index in [1.807, 2.05) is 91.0 Å². The van der Waals surface area contributed by atoms with Gasteiger partial charge in [-0.2, -0.15) is 4.98 Å². The fourth-order valence-corrected chi connectivity index (χ4v) is 5.41. The number of carbonyl (C=O) groups excluding carboxylic acids is 2. The fourth-order valence-electron chi connectivity index (χ4n) is 5.41. The van der Waals surface area contributed by atoms with E-state index in [4.69, 9.17) is 23.9 Å². The zero-order chi connectivity index (χ0) is 35.7. The van der Waals surface area contributed by atoms with Crippen LogP contribution in [0.4, 0.5) is 10.6 Å². The van der Waals surface area contributed by atoms with Gasteiger partial charge in [0.15, 0.2) is 0 Å². The first-order chi connectivity index (χ1) is 25.0. The normalized spacial score (nSPS) is 17.0. The lowest BCUT2D eigenvalue weighted by Gasteiger charge is -2.19. The summed E-state index contributed by atoms with van der Waals surface area (Å²) in [4.78, 5) is 35.1. The van der Waals surface area contributed by atoms with Crippen molar-refractivity contribution in [3.63, 3.8) is 0 Å². The monoisotopic (exact) mass is 699 g/mol. The van der Waals surface area contributed by atoms with Crippen LogP contribution in [-0.2, 0) is 43.6 Å². The number of benzene rings is 3. The van der Waals surface area contributed by atoms with Crippen LogP contribution >= 0.6 is 0 Å². The molecule has 0 spiro atoms. The average Bonchev–Trinajstić information content (AvgIpc) is 3.65. The maximum absolute atomic E-state index is 13.1. The third-order valence-electron chi connectivity index (χ3n) is 8.13. The minimum Gasteiger partial charge on any atom is -0.459 e. The third-order valence-corrected chi connectivity index (χ3v) is 8.13. The fraction of sp³-hybridized carbons (Fsp3) is 0.368. The quantitative estimate of drug-likeness (QED) is 0.0657. The molecule has 1 unspecified atom stereocenters. The van der Waals surface area contributed by atoms with E-state index in [0.717, 1.165) is 16.7 Å². The van der Waals surface area contributed by atoms with Crippen molar-refractivity contribution in [1.82, 2.24) is 14.9 Å². The molecule has 1 amide bonds. The Bertz CT molecular complexity index is 1710. The maximum atomic E-state index is 13.1. The van der Waals surface area contributed by atoms with Crippen molar-refractivity contribution in [2.45, 2.75) is 76.7 Å². The molecular weight excluding hydrogens is 654 g/mol. The number of carbonyl (C=O) groups is 2. The SMILES string of the molecule is O=C(N[C@@H](CCCCN=c1nc(NC(O)OCc2ccccc2)ccn1[C@H]1CC[C@@H](CO)O1)C(=O)OCc1ccccc1)OCc1ccccc1. The summed E-state index contributed by atoms with van der Waals surface area (Å²) in [6.45, 7) is 0.624. The molecule has 4 aromatic rings. The predicted molar refractivity (Wildman–Crippen MR) is 187 cm³/mol. The van der Waals surface area contributed by atoms with E-state index < -0.39 is 24.5 Å². The Balaban J connectivity index is 1.20. The molecule has 1 fully saturated rings. The van der Waals surface area contributed by atoms with Crippen LogP contribution in [0.2, 0.25) is 0 Å². The smallest absolute Gasteiger partial charge is 0.408 e. The molecule has 0 radical (unpaired) electrons. The topological polar surface area (TPSA) is 166 Å². The van der Waals surface area contributed by atoms with Gasteiger partial charge in [-0.25, -0.2) is 9.59 Å². The molecule has 3 aromatic carbocycles. The number of anilines is 1. The van der Waals surface area contributed by atoms with Crippen LogP contribution in [0.1, 0.15) is 55.0 Å². The molecule has 0 bridgehead atoms. The second kappa shape index (κ2) is 19.9. The summed E-state index contributed by atoms with van der Waals surface area (Å²) in [5.74, 6) is -0.211. The lowest BCUT2D eigenvalue weighted by Crippen LogP contribution is -2.42. The van der Waals surface area contributed by atoms with Gasteiger partial charge in [-0.15, -0.1) is 0 Å². The molecule has 1 aliphatic rings. The number of alkyl carbamates (subject to hydrolysis) is 1. The number of hydrogen-bond acceptors (Lipinski definition) is 11. The second-order valence-electron chi connectivity index (χ2n) is 12.0. The number of ether oxygens (including phenoxy) is 4. The standard InChI is InChI=1S/C38H45N5O8/c44-24-31-19-20-34(51-31)43-23-21-33(42-38(47)50-27-30-16-8-3-9-17-30)41-36(43)39-22-11-10-18-32(35(45)48-25-28-12-4-1-5-13-28)40-37(46)49-26-29-14-6-2-7-15-29/h1-9,12-17,21,23,31-32,34,38,44,47H,10-11,18-20,22,24-27H2,(H,40,46)(H,39,41,42)/t31-,32-,34+,38?/m0/s1. The number of aliphatic hydroxyl groups excluding tert-OH is 2. The summed E-state index contributed by atoms with van der Waals surface area (Å²) in [6, 6.07) is 28.9. The number of unbranched alkanes of at least 4 members (excludes halogenated alkanes) is 1. The van der Waals surface area contributed by atoms with Crippen LogP contribution < -0.4 is 16.3 Å². The number of amides is 1. The maximum Gasteiger partial charge on any atom is 0.408 e. The summed E-state index contributed by atoms with van der Waals surface area (Å²) >= 11 is 0. The average molecular weight is 700 g/mol. The van der Waals surface area contributed by atoms with E-state index in [9.17, 15) is 19.8 Å². The summed E-state index contributed by atoms with van der Waals surface area (Å²) in [6.07, 6.45) is 1.88. The molecule has 1 aromatic heterocycles. The summed E-state index contributed by atoms with van der Waals surface area (Å²) < 4.78 is 24.2. The van der Waals surface area contributed by atoms with E-state index in [1.165, 1.54) is 0 Å². The molecule has 13 heteroatoms. The number of nitrogens with zero attached hydrogens (tertiary/aromatic N) is 3. The first-order valence-electron chi connectivity index (χ1n) is 17.1. The van der Waals surface area contributed by atoms with Crippen LogP contribution in [0, 0.1) is 0 Å². The molecule has 0 saturated carbocycles. The Labute approximate surface area is 296 Å². The Morgan fingerprint density at radius 2 is 1.49 bits per heavy atom. The van der Waals surface area contributed by atoms with E-state index in [-0.39, 0.29) is 38.8 Å². The number of esters is 1. The van der Waals surface area contributed by atoms with Gasteiger partial charge in [0.2, 0.25) is 12.0 Å². The van der Waals surface area contributed by atoms with Crippen LogP contribution in [-0.4, -0.2) is 63.5 Å². The van der Waals surface area contributed by atoms with E-state index in [1.54, 1.807) is 16.8 Å². The zero-order valence-electron chi connectivity index (χ0n) is 28.4. The zero-order valence-corrected chi connectivity index (χ0v) is 28.4. The molecule has 2 heterocycles. The minimum atomic E-state index is -1.31. The molecule has 13 nitrogen and oxygen atoms in total. The van der Waals surface area contributed by atoms with Gasteiger partial charge in [-0.05, 0) is 54.9 Å². The van der Waals surface area contributed by atoms with Crippen LogP contribution in [0.25, 0.3) is 0 Å². The van der Waals surface area contributed by atoms with Crippen molar-refractivity contribution in [3.8, 4) is 0 Å². The van der Waals surface area contributed by atoms with Gasteiger partial charge in [-0.3, -0.25) is 9.56 Å². The van der Waals surface area contributed by atoms with Crippen LogP contribution in [0.5, 0.6) is 0 Å². The number of aromatic nitrogens is 2. The molecule has 270 valence electrons. The predicted octanol–water partition coefficient (Wildman–Crippen LogP) is 4.57. The van der Waals surface area contributed by atoms with Crippen molar-refractivity contribution >= 4 is 17.9 Å². The first kappa shape index (κ1) is 37.2.